The van der Waals surface area contributed by atoms with Gasteiger partial charge >= 0.3 is 0 Å². The van der Waals surface area contributed by atoms with E-state index in [1.807, 2.05) is 31.9 Å². The van der Waals surface area contributed by atoms with Crippen LogP contribution in [-0.4, -0.2) is 47.1 Å². The van der Waals surface area contributed by atoms with Gasteiger partial charge in [0, 0.05) is 18.2 Å². The lowest BCUT2D eigenvalue weighted by Crippen LogP contribution is -2.37. The molecule has 0 saturated heterocycles. The van der Waals surface area contributed by atoms with Crippen LogP contribution in [0.3, 0.4) is 0 Å². The zero-order valence-electron chi connectivity index (χ0n) is 16.9. The fraction of sp³-hybridized carbons (Fsp3) is 0.500. The van der Waals surface area contributed by atoms with Gasteiger partial charge in [0.1, 0.15) is 0 Å². The zero-order chi connectivity index (χ0) is 20.9. The van der Waals surface area contributed by atoms with Crippen molar-refractivity contribution in [3.63, 3.8) is 0 Å². The molecule has 0 spiro atoms. The summed E-state index contributed by atoms with van der Waals surface area (Å²) < 4.78 is 18.7. The maximum Gasteiger partial charge on any atom is 0.260 e. The molecule has 1 aromatic carbocycles. The molecule has 2 aromatic rings. The van der Waals surface area contributed by atoms with Crippen molar-refractivity contribution in [1.82, 2.24) is 14.5 Å². The fourth-order valence-corrected chi connectivity index (χ4v) is 4.55. The van der Waals surface area contributed by atoms with Crippen LogP contribution >= 0.6 is 12.2 Å². The number of hydrogen-bond donors (Lipinski definition) is 2. The molecule has 0 bridgehead atoms. The highest BCUT2D eigenvalue weighted by atomic mass is 32.1. The lowest BCUT2D eigenvalue weighted by Gasteiger charge is -2.36. The van der Waals surface area contributed by atoms with Crippen LogP contribution in [0, 0.1) is 4.77 Å². The Morgan fingerprint density at radius 2 is 2.17 bits per heavy atom. The van der Waals surface area contributed by atoms with Gasteiger partial charge in [-0.05, 0) is 50.7 Å². The number of aromatic hydroxyl groups is 1. The Hall–Kier alpha value is -2.52. The minimum atomic E-state index is -0.516. The predicted molar refractivity (Wildman–Crippen MR) is 110 cm³/mol. The first-order valence-electron chi connectivity index (χ1n) is 9.66. The van der Waals surface area contributed by atoms with Crippen molar-refractivity contribution >= 4 is 12.2 Å². The summed E-state index contributed by atoms with van der Waals surface area (Å²) in [6, 6.07) is 1.36. The Morgan fingerprint density at radius 3 is 2.86 bits per heavy atom. The van der Waals surface area contributed by atoms with Gasteiger partial charge in [0.15, 0.2) is 16.3 Å². The standard InChI is InChI=1S/C20H25N3O5S/c1-5-10(2)23-19(25)14(18(24)21-20(23)29)15-13-11(6-7-22(15)3)8-12-16(17(13)26-4)28-9-27-12/h8,10,15,25H,5-7,9H2,1-4H3,(H,21,24,29)/t10-,15+/m0/s1. The van der Waals surface area contributed by atoms with Crippen LogP contribution < -0.4 is 19.8 Å². The highest BCUT2D eigenvalue weighted by Gasteiger charge is 2.38. The quantitative estimate of drug-likeness (QED) is 0.737. The van der Waals surface area contributed by atoms with Crippen LogP contribution in [0.4, 0.5) is 0 Å². The molecule has 2 aliphatic heterocycles. The third-order valence-corrected chi connectivity index (χ3v) is 6.15. The Morgan fingerprint density at radius 1 is 1.41 bits per heavy atom. The van der Waals surface area contributed by atoms with E-state index in [0.29, 0.717) is 23.8 Å². The van der Waals surface area contributed by atoms with Crippen LogP contribution in [0.2, 0.25) is 0 Å². The predicted octanol–water partition coefficient (Wildman–Crippen LogP) is 2.90. The van der Waals surface area contributed by atoms with E-state index in [1.54, 1.807) is 11.7 Å². The number of ether oxygens (including phenoxy) is 3. The van der Waals surface area contributed by atoms with E-state index in [9.17, 15) is 9.90 Å². The van der Waals surface area contributed by atoms with E-state index in [4.69, 9.17) is 26.4 Å². The maximum absolute atomic E-state index is 13.0. The molecule has 0 aliphatic carbocycles. The number of hydrogen-bond acceptors (Lipinski definition) is 7. The monoisotopic (exact) mass is 419 g/mol. The average Bonchev–Trinajstić information content (AvgIpc) is 3.15. The minimum Gasteiger partial charge on any atom is -0.494 e. The lowest BCUT2D eigenvalue weighted by atomic mass is 9.87. The normalized spacial score (nSPS) is 19.1. The summed E-state index contributed by atoms with van der Waals surface area (Å²) in [6.45, 7) is 4.79. The number of aromatic nitrogens is 2. The molecule has 29 heavy (non-hydrogen) atoms. The van der Waals surface area contributed by atoms with Gasteiger partial charge in [0.05, 0.1) is 18.7 Å². The number of H-pyrrole nitrogens is 1. The number of fused-ring (bicyclic) bond motifs is 2. The van der Waals surface area contributed by atoms with Crippen LogP contribution in [0.15, 0.2) is 10.9 Å². The minimum absolute atomic E-state index is 0.0647. The Labute approximate surface area is 173 Å². The molecule has 4 rings (SSSR count). The molecule has 156 valence electrons. The van der Waals surface area contributed by atoms with Crippen molar-refractivity contribution in [2.24, 2.45) is 0 Å². The number of nitrogens with zero attached hydrogens (tertiary/aromatic N) is 2. The molecule has 8 nitrogen and oxygen atoms in total. The van der Waals surface area contributed by atoms with Gasteiger partial charge in [0.2, 0.25) is 18.4 Å². The molecule has 3 heterocycles. The summed E-state index contributed by atoms with van der Waals surface area (Å²) in [5.74, 6) is 1.58. The van der Waals surface area contributed by atoms with Crippen molar-refractivity contribution in [2.45, 2.75) is 38.8 Å². The Bertz CT molecular complexity index is 1080. The van der Waals surface area contributed by atoms with Crippen molar-refractivity contribution < 1.29 is 19.3 Å². The number of benzene rings is 1. The lowest BCUT2D eigenvalue weighted by molar-refractivity contribution is 0.170. The summed E-state index contributed by atoms with van der Waals surface area (Å²) in [4.78, 5) is 17.8. The van der Waals surface area contributed by atoms with Gasteiger partial charge in [-0.25, -0.2) is 0 Å². The van der Waals surface area contributed by atoms with E-state index < -0.39 is 11.6 Å². The van der Waals surface area contributed by atoms with E-state index in [1.165, 1.54) is 0 Å². The number of methoxy groups -OCH3 is 1. The molecular weight excluding hydrogens is 394 g/mol. The van der Waals surface area contributed by atoms with E-state index >= 15 is 0 Å². The first-order chi connectivity index (χ1) is 13.9. The molecule has 0 radical (unpaired) electrons. The summed E-state index contributed by atoms with van der Waals surface area (Å²) in [5.41, 5.74) is 1.65. The first kappa shape index (κ1) is 19.8. The van der Waals surface area contributed by atoms with Gasteiger partial charge < -0.3 is 19.3 Å². The highest BCUT2D eigenvalue weighted by Crippen LogP contribution is 2.51. The fourth-order valence-electron chi connectivity index (χ4n) is 4.19. The van der Waals surface area contributed by atoms with Crippen LogP contribution in [0.5, 0.6) is 23.1 Å². The second-order valence-corrected chi connectivity index (χ2v) is 7.86. The molecule has 0 amide bonds. The summed E-state index contributed by atoms with van der Waals surface area (Å²) in [5, 5.41) is 11.2. The van der Waals surface area contributed by atoms with E-state index in [-0.39, 0.29) is 29.0 Å². The van der Waals surface area contributed by atoms with Gasteiger partial charge in [-0.15, -0.1) is 0 Å². The summed E-state index contributed by atoms with van der Waals surface area (Å²) in [7, 11) is 3.49. The molecule has 0 fully saturated rings. The van der Waals surface area contributed by atoms with Crippen LogP contribution in [0.25, 0.3) is 0 Å². The van der Waals surface area contributed by atoms with Crippen LogP contribution in [-0.2, 0) is 6.42 Å². The van der Waals surface area contributed by atoms with Gasteiger partial charge in [-0.2, -0.15) is 0 Å². The number of likely N-dealkylation sites (N-methyl/N-ethyl adjacent to an activating group) is 1. The number of aromatic amines is 1. The van der Waals surface area contributed by atoms with Crippen molar-refractivity contribution in [3.8, 4) is 23.1 Å². The van der Waals surface area contributed by atoms with Crippen LogP contribution in [0.1, 0.15) is 49.0 Å². The molecule has 0 unspecified atom stereocenters. The Balaban J connectivity index is 2.01. The largest absolute Gasteiger partial charge is 0.494 e. The molecule has 2 N–H and O–H groups in total. The molecule has 1 aromatic heterocycles. The van der Waals surface area contributed by atoms with Gasteiger partial charge in [-0.1, -0.05) is 6.92 Å². The zero-order valence-corrected chi connectivity index (χ0v) is 17.8. The van der Waals surface area contributed by atoms with Gasteiger partial charge in [-0.3, -0.25) is 19.2 Å². The van der Waals surface area contributed by atoms with E-state index in [0.717, 1.165) is 24.0 Å². The van der Waals surface area contributed by atoms with Crippen molar-refractivity contribution in [1.29, 1.82) is 0 Å². The van der Waals surface area contributed by atoms with Gasteiger partial charge in [0.25, 0.3) is 5.56 Å². The third-order valence-electron chi connectivity index (χ3n) is 5.85. The highest BCUT2D eigenvalue weighted by molar-refractivity contribution is 7.71. The molecule has 2 atom stereocenters. The topological polar surface area (TPSA) is 89.0 Å². The molecular formula is C20H25N3O5S. The first-order valence-corrected chi connectivity index (χ1v) is 10.1. The molecule has 9 heteroatoms. The number of nitrogens with one attached hydrogen (secondary N) is 1. The molecule has 0 saturated carbocycles. The second kappa shape index (κ2) is 7.38. The average molecular weight is 420 g/mol. The third kappa shape index (κ3) is 3.00. The second-order valence-electron chi connectivity index (χ2n) is 7.47. The number of rotatable bonds is 4. The van der Waals surface area contributed by atoms with E-state index in [2.05, 4.69) is 4.98 Å². The maximum atomic E-state index is 13.0. The van der Waals surface area contributed by atoms with Crippen molar-refractivity contribution in [2.75, 3.05) is 27.5 Å². The summed E-state index contributed by atoms with van der Waals surface area (Å²) in [6.07, 6.45) is 1.52. The van der Waals surface area contributed by atoms with Crippen molar-refractivity contribution in [3.05, 3.63) is 37.9 Å². The summed E-state index contributed by atoms with van der Waals surface area (Å²) >= 11 is 5.32. The molecule has 2 aliphatic rings. The SMILES string of the molecule is CC[C@H](C)n1c(O)c([C@H]2c3c(cc4c(c3OC)OCO4)CCN2C)c(=O)[nH]c1=S. The Kier molecular flexibility index (Phi) is 5.04. The smallest absolute Gasteiger partial charge is 0.260 e.